The lowest BCUT2D eigenvalue weighted by molar-refractivity contribution is -0.00398. The molecule has 24 heavy (non-hydrogen) atoms. The Kier molecular flexibility index (Phi) is 19.3. The van der Waals surface area contributed by atoms with Crippen molar-refractivity contribution < 1.29 is 4.74 Å². The smallest absolute Gasteiger partial charge is 0.0578 e. The second kappa shape index (κ2) is 19.3. The Labute approximate surface area is 154 Å². The molecule has 0 aliphatic heterocycles. The van der Waals surface area contributed by atoms with E-state index in [1.165, 1.54) is 109 Å². The van der Waals surface area contributed by atoms with E-state index in [2.05, 4.69) is 27.7 Å². The minimum atomic E-state index is 0.383. The molecule has 0 bridgehead atoms. The van der Waals surface area contributed by atoms with Crippen molar-refractivity contribution >= 4 is 0 Å². The van der Waals surface area contributed by atoms with Crippen molar-refractivity contribution in [3.05, 3.63) is 0 Å². The van der Waals surface area contributed by atoms with E-state index in [0.717, 1.165) is 0 Å². The van der Waals surface area contributed by atoms with E-state index in [9.17, 15) is 0 Å². The van der Waals surface area contributed by atoms with Crippen LogP contribution in [0.5, 0.6) is 0 Å². The second-order valence-electron chi connectivity index (χ2n) is 7.98. The van der Waals surface area contributed by atoms with E-state index < -0.39 is 0 Å². The summed E-state index contributed by atoms with van der Waals surface area (Å²) in [6, 6.07) is 0. The van der Waals surface area contributed by atoms with Crippen LogP contribution in [-0.2, 0) is 4.74 Å². The van der Waals surface area contributed by atoms with Crippen LogP contribution in [0.1, 0.15) is 137 Å². The van der Waals surface area contributed by atoms with Gasteiger partial charge >= 0.3 is 0 Å². The van der Waals surface area contributed by atoms with Crippen molar-refractivity contribution in [2.75, 3.05) is 0 Å². The first kappa shape index (κ1) is 24.0. The molecule has 0 radical (unpaired) electrons. The molecule has 0 saturated carbocycles. The van der Waals surface area contributed by atoms with Gasteiger partial charge in [-0.05, 0) is 26.7 Å². The van der Waals surface area contributed by atoms with E-state index >= 15 is 0 Å². The van der Waals surface area contributed by atoms with Crippen LogP contribution >= 0.6 is 0 Å². The fourth-order valence-electron chi connectivity index (χ4n) is 3.50. The van der Waals surface area contributed by atoms with Gasteiger partial charge in [-0.1, -0.05) is 110 Å². The summed E-state index contributed by atoms with van der Waals surface area (Å²) in [5.74, 6) is 0. The maximum atomic E-state index is 6.16. The van der Waals surface area contributed by atoms with Crippen LogP contribution in [0.15, 0.2) is 0 Å². The normalized spacial score (nSPS) is 12.9. The Bertz CT molecular complexity index is 224. The monoisotopic (exact) mass is 340 g/mol. The second-order valence-corrected chi connectivity index (χ2v) is 7.98. The molecular weight excluding hydrogens is 292 g/mol. The van der Waals surface area contributed by atoms with Crippen molar-refractivity contribution in [3.8, 4) is 0 Å². The van der Waals surface area contributed by atoms with Crippen molar-refractivity contribution in [1.82, 2.24) is 0 Å². The predicted octanol–water partition coefficient (Wildman–Crippen LogP) is 8.45. The van der Waals surface area contributed by atoms with Gasteiger partial charge in [0.1, 0.15) is 0 Å². The fourth-order valence-corrected chi connectivity index (χ4v) is 3.50. The summed E-state index contributed by atoms with van der Waals surface area (Å²) >= 11 is 0. The lowest BCUT2D eigenvalue weighted by Gasteiger charge is -2.20. The summed E-state index contributed by atoms with van der Waals surface area (Å²) in [7, 11) is 0. The molecule has 1 heteroatoms. The lowest BCUT2D eigenvalue weighted by atomic mass is 10.0. The quantitative estimate of drug-likeness (QED) is 0.214. The zero-order valence-electron chi connectivity index (χ0n) is 17.6. The van der Waals surface area contributed by atoms with Crippen LogP contribution in [0.4, 0.5) is 0 Å². The summed E-state index contributed by atoms with van der Waals surface area (Å²) < 4.78 is 6.16. The summed E-state index contributed by atoms with van der Waals surface area (Å²) in [5.41, 5.74) is 0. The van der Waals surface area contributed by atoms with Crippen molar-refractivity contribution in [2.45, 2.75) is 149 Å². The van der Waals surface area contributed by atoms with E-state index in [-0.39, 0.29) is 0 Å². The van der Waals surface area contributed by atoms with Gasteiger partial charge < -0.3 is 4.74 Å². The standard InChI is InChI=1S/C23H48O/c1-5-7-9-11-13-15-17-19-21-23(24-22(3)4)20-18-16-14-12-10-8-6-2/h22-23H,5-21H2,1-4H3. The van der Waals surface area contributed by atoms with E-state index in [1.807, 2.05) is 0 Å². The highest BCUT2D eigenvalue weighted by atomic mass is 16.5. The molecule has 1 nitrogen and oxygen atoms in total. The molecule has 0 aromatic heterocycles. The summed E-state index contributed by atoms with van der Waals surface area (Å²) in [5, 5.41) is 0. The van der Waals surface area contributed by atoms with E-state index in [1.54, 1.807) is 0 Å². The molecule has 0 saturated heterocycles. The van der Waals surface area contributed by atoms with Crippen molar-refractivity contribution in [2.24, 2.45) is 0 Å². The molecule has 0 aromatic carbocycles. The van der Waals surface area contributed by atoms with Gasteiger partial charge in [0.25, 0.3) is 0 Å². The third kappa shape index (κ3) is 18.3. The fraction of sp³-hybridized carbons (Fsp3) is 1.00. The van der Waals surface area contributed by atoms with Crippen LogP contribution in [0, 0.1) is 0 Å². The number of ether oxygens (including phenoxy) is 1. The summed E-state index contributed by atoms with van der Waals surface area (Å²) in [4.78, 5) is 0. The van der Waals surface area contributed by atoms with Gasteiger partial charge in [-0.15, -0.1) is 0 Å². The van der Waals surface area contributed by atoms with Gasteiger partial charge in [0.05, 0.1) is 12.2 Å². The molecule has 1 atom stereocenters. The Morgan fingerprint density at radius 1 is 0.500 bits per heavy atom. The zero-order valence-corrected chi connectivity index (χ0v) is 17.6. The molecule has 0 aliphatic rings. The number of rotatable bonds is 19. The van der Waals surface area contributed by atoms with Crippen molar-refractivity contribution in [1.29, 1.82) is 0 Å². The SMILES string of the molecule is CCCCCCCCCCC(CCCCCCCCC)OC(C)C. The lowest BCUT2D eigenvalue weighted by Crippen LogP contribution is -2.18. The average molecular weight is 341 g/mol. The highest BCUT2D eigenvalue weighted by molar-refractivity contribution is 4.61. The largest absolute Gasteiger partial charge is 0.376 e. The van der Waals surface area contributed by atoms with Crippen LogP contribution in [0.25, 0.3) is 0 Å². The Hall–Kier alpha value is -0.0400. The third-order valence-corrected chi connectivity index (χ3v) is 4.97. The maximum Gasteiger partial charge on any atom is 0.0578 e. The van der Waals surface area contributed by atoms with Crippen LogP contribution in [0.3, 0.4) is 0 Å². The number of hydrogen-bond acceptors (Lipinski definition) is 1. The highest BCUT2D eigenvalue weighted by Crippen LogP contribution is 2.18. The molecule has 0 fully saturated rings. The molecule has 0 rings (SSSR count). The molecule has 0 amide bonds. The predicted molar refractivity (Wildman–Crippen MR) is 110 cm³/mol. The van der Waals surface area contributed by atoms with Gasteiger partial charge in [-0.3, -0.25) is 0 Å². The van der Waals surface area contributed by atoms with E-state index in [4.69, 9.17) is 4.74 Å². The third-order valence-electron chi connectivity index (χ3n) is 4.97. The average Bonchev–Trinajstić information content (AvgIpc) is 2.55. The zero-order chi connectivity index (χ0) is 17.9. The molecular formula is C23H48O. The van der Waals surface area contributed by atoms with Gasteiger partial charge in [0.2, 0.25) is 0 Å². The Balaban J connectivity index is 3.59. The maximum absolute atomic E-state index is 6.16. The first-order valence-electron chi connectivity index (χ1n) is 11.4. The summed E-state index contributed by atoms with van der Waals surface area (Å²) in [6.07, 6.45) is 24.6. The van der Waals surface area contributed by atoms with Gasteiger partial charge in [0, 0.05) is 0 Å². The molecule has 0 N–H and O–H groups in total. The minimum absolute atomic E-state index is 0.383. The van der Waals surface area contributed by atoms with Gasteiger partial charge in [-0.2, -0.15) is 0 Å². The molecule has 146 valence electrons. The Morgan fingerprint density at radius 3 is 1.17 bits per heavy atom. The van der Waals surface area contributed by atoms with E-state index in [0.29, 0.717) is 12.2 Å². The molecule has 0 spiro atoms. The topological polar surface area (TPSA) is 9.23 Å². The number of hydrogen-bond donors (Lipinski definition) is 0. The van der Waals surface area contributed by atoms with Gasteiger partial charge in [0.15, 0.2) is 0 Å². The number of unbranched alkanes of at least 4 members (excludes halogenated alkanes) is 13. The summed E-state index contributed by atoms with van der Waals surface area (Å²) in [6.45, 7) is 8.95. The minimum Gasteiger partial charge on any atom is -0.376 e. The Morgan fingerprint density at radius 2 is 0.833 bits per heavy atom. The van der Waals surface area contributed by atoms with Gasteiger partial charge in [-0.25, -0.2) is 0 Å². The molecule has 1 unspecified atom stereocenters. The van der Waals surface area contributed by atoms with Crippen LogP contribution in [0.2, 0.25) is 0 Å². The molecule has 0 aromatic rings. The first-order valence-corrected chi connectivity index (χ1v) is 11.4. The van der Waals surface area contributed by atoms with Crippen LogP contribution in [-0.4, -0.2) is 12.2 Å². The van der Waals surface area contributed by atoms with Crippen LogP contribution < -0.4 is 0 Å². The highest BCUT2D eigenvalue weighted by Gasteiger charge is 2.10. The molecule has 0 heterocycles. The first-order chi connectivity index (χ1) is 11.7. The molecule has 0 aliphatic carbocycles. The van der Waals surface area contributed by atoms with Crippen molar-refractivity contribution in [3.63, 3.8) is 0 Å².